The van der Waals surface area contributed by atoms with Crippen molar-refractivity contribution >= 4 is 33.4 Å². The van der Waals surface area contributed by atoms with E-state index in [1.807, 2.05) is 11.9 Å². The van der Waals surface area contributed by atoms with Gasteiger partial charge in [0.2, 0.25) is 0 Å². The highest BCUT2D eigenvalue weighted by molar-refractivity contribution is 9.10. The summed E-state index contributed by atoms with van der Waals surface area (Å²) in [6.07, 6.45) is 2.26. The predicted molar refractivity (Wildman–Crippen MR) is 81.7 cm³/mol. The number of carbonyl (C=O) groups excluding carboxylic acids is 1. The molecule has 1 aromatic rings. The van der Waals surface area contributed by atoms with Crippen LogP contribution in [0.4, 0.5) is 0 Å². The van der Waals surface area contributed by atoms with Crippen LogP contribution in [0.1, 0.15) is 23.2 Å². The maximum atomic E-state index is 12.5. The second kappa shape index (κ2) is 6.73. The summed E-state index contributed by atoms with van der Waals surface area (Å²) < 4.78 is 0.765. The van der Waals surface area contributed by atoms with E-state index < -0.39 is 0 Å². The number of nitrogens with one attached hydrogen (secondary N) is 1. The molecule has 1 unspecified atom stereocenters. The van der Waals surface area contributed by atoms with Crippen molar-refractivity contribution in [2.45, 2.75) is 12.8 Å². The molecule has 1 aromatic carbocycles. The third-order valence-electron chi connectivity index (χ3n) is 3.46. The smallest absolute Gasteiger partial charge is 0.255 e. The summed E-state index contributed by atoms with van der Waals surface area (Å²) in [7, 11) is 1.95. The van der Waals surface area contributed by atoms with E-state index in [1.54, 1.807) is 18.2 Å². The van der Waals surface area contributed by atoms with Gasteiger partial charge in [-0.1, -0.05) is 11.6 Å². The SMILES string of the molecule is CNCC1CCCN(C(=O)c2ccc(Cl)cc2Br)C1. The molecule has 1 heterocycles. The Morgan fingerprint density at radius 3 is 3.05 bits per heavy atom. The van der Waals surface area contributed by atoms with Crippen LogP contribution >= 0.6 is 27.5 Å². The monoisotopic (exact) mass is 344 g/mol. The number of hydrogen-bond donors (Lipinski definition) is 1. The third-order valence-corrected chi connectivity index (χ3v) is 4.35. The first-order valence-corrected chi connectivity index (χ1v) is 7.68. The number of benzene rings is 1. The quantitative estimate of drug-likeness (QED) is 0.912. The number of likely N-dealkylation sites (tertiary alicyclic amines) is 1. The van der Waals surface area contributed by atoms with Gasteiger partial charge in [0.1, 0.15) is 0 Å². The number of carbonyl (C=O) groups is 1. The van der Waals surface area contributed by atoms with Crippen LogP contribution in [0.5, 0.6) is 0 Å². The van der Waals surface area contributed by atoms with Gasteiger partial charge in [-0.2, -0.15) is 0 Å². The predicted octanol–water partition coefficient (Wildman–Crippen LogP) is 3.17. The zero-order valence-electron chi connectivity index (χ0n) is 11.0. The van der Waals surface area contributed by atoms with Crippen molar-refractivity contribution in [2.75, 3.05) is 26.7 Å². The molecular formula is C14H18BrClN2O. The highest BCUT2D eigenvalue weighted by Gasteiger charge is 2.25. The highest BCUT2D eigenvalue weighted by atomic mass is 79.9. The molecule has 5 heteroatoms. The maximum Gasteiger partial charge on any atom is 0.255 e. The number of piperidine rings is 1. The van der Waals surface area contributed by atoms with Crippen molar-refractivity contribution in [3.05, 3.63) is 33.3 Å². The van der Waals surface area contributed by atoms with Gasteiger partial charge in [-0.25, -0.2) is 0 Å². The fourth-order valence-electron chi connectivity index (χ4n) is 2.54. The van der Waals surface area contributed by atoms with Crippen LogP contribution in [0.2, 0.25) is 5.02 Å². The van der Waals surface area contributed by atoms with Gasteiger partial charge in [-0.15, -0.1) is 0 Å². The highest BCUT2D eigenvalue weighted by Crippen LogP contribution is 2.25. The van der Waals surface area contributed by atoms with E-state index in [9.17, 15) is 4.79 Å². The summed E-state index contributed by atoms with van der Waals surface area (Å²) in [6.45, 7) is 2.63. The Labute approximate surface area is 127 Å². The van der Waals surface area contributed by atoms with Gasteiger partial charge in [0.05, 0.1) is 5.56 Å². The van der Waals surface area contributed by atoms with Crippen molar-refractivity contribution in [1.29, 1.82) is 0 Å². The largest absolute Gasteiger partial charge is 0.338 e. The molecule has 0 bridgehead atoms. The van der Waals surface area contributed by atoms with Crippen LogP contribution < -0.4 is 5.32 Å². The van der Waals surface area contributed by atoms with Gasteiger partial charge in [0.15, 0.2) is 0 Å². The van der Waals surface area contributed by atoms with E-state index in [0.717, 1.165) is 30.5 Å². The maximum absolute atomic E-state index is 12.5. The van der Waals surface area contributed by atoms with Crippen LogP contribution in [-0.2, 0) is 0 Å². The minimum absolute atomic E-state index is 0.0874. The van der Waals surface area contributed by atoms with Crippen molar-refractivity contribution < 1.29 is 4.79 Å². The third kappa shape index (κ3) is 3.71. The Balaban J connectivity index is 2.10. The zero-order chi connectivity index (χ0) is 13.8. The normalized spacial score (nSPS) is 19.5. The lowest BCUT2D eigenvalue weighted by Crippen LogP contribution is -2.42. The van der Waals surface area contributed by atoms with Crippen LogP contribution in [0.15, 0.2) is 22.7 Å². The van der Waals surface area contributed by atoms with Crippen LogP contribution in [0.3, 0.4) is 0 Å². The van der Waals surface area contributed by atoms with Crippen molar-refractivity contribution in [3.63, 3.8) is 0 Å². The summed E-state index contributed by atoms with van der Waals surface area (Å²) in [5.74, 6) is 0.637. The minimum atomic E-state index is 0.0874. The van der Waals surface area contributed by atoms with Gasteiger partial charge < -0.3 is 10.2 Å². The summed E-state index contributed by atoms with van der Waals surface area (Å²) in [4.78, 5) is 14.5. The topological polar surface area (TPSA) is 32.3 Å². The average molecular weight is 346 g/mol. The summed E-state index contributed by atoms with van der Waals surface area (Å²) >= 11 is 9.32. The van der Waals surface area contributed by atoms with Crippen LogP contribution in [0.25, 0.3) is 0 Å². The molecule has 1 saturated heterocycles. The molecule has 1 aliphatic rings. The standard InChI is InChI=1S/C14H18BrClN2O/c1-17-8-10-3-2-6-18(9-10)14(19)12-5-4-11(16)7-13(12)15/h4-5,7,10,17H,2-3,6,8-9H2,1H3. The number of hydrogen-bond acceptors (Lipinski definition) is 2. The first-order chi connectivity index (χ1) is 9.11. The van der Waals surface area contributed by atoms with E-state index >= 15 is 0 Å². The molecule has 0 radical (unpaired) electrons. The van der Waals surface area contributed by atoms with Gasteiger partial charge in [0.25, 0.3) is 5.91 Å². The van der Waals surface area contributed by atoms with E-state index in [2.05, 4.69) is 21.2 Å². The van der Waals surface area contributed by atoms with E-state index in [1.165, 1.54) is 6.42 Å². The first-order valence-electron chi connectivity index (χ1n) is 6.50. The lowest BCUT2D eigenvalue weighted by molar-refractivity contribution is 0.0673. The fourth-order valence-corrected chi connectivity index (χ4v) is 3.39. The van der Waals surface area contributed by atoms with Crippen LogP contribution in [0, 0.1) is 5.92 Å². The Hall–Kier alpha value is -0.580. The molecular weight excluding hydrogens is 328 g/mol. The lowest BCUT2D eigenvalue weighted by atomic mass is 9.97. The molecule has 0 aliphatic carbocycles. The van der Waals surface area contributed by atoms with Crippen molar-refractivity contribution in [1.82, 2.24) is 10.2 Å². The summed E-state index contributed by atoms with van der Waals surface area (Å²) in [5.41, 5.74) is 0.689. The molecule has 0 saturated carbocycles. The average Bonchev–Trinajstić information content (AvgIpc) is 2.39. The van der Waals surface area contributed by atoms with Gasteiger partial charge in [0, 0.05) is 22.6 Å². The molecule has 104 valence electrons. The van der Waals surface area contributed by atoms with Crippen molar-refractivity contribution in [2.24, 2.45) is 5.92 Å². The first kappa shape index (κ1) is 14.8. The van der Waals surface area contributed by atoms with Gasteiger partial charge in [-0.05, 0) is 66.5 Å². The zero-order valence-corrected chi connectivity index (χ0v) is 13.3. The molecule has 0 spiro atoms. The Kier molecular flexibility index (Phi) is 5.25. The number of nitrogens with zero attached hydrogens (tertiary/aromatic N) is 1. The molecule has 2 rings (SSSR count). The van der Waals surface area contributed by atoms with Crippen molar-refractivity contribution in [3.8, 4) is 0 Å². The van der Waals surface area contributed by atoms with E-state index in [4.69, 9.17) is 11.6 Å². The van der Waals surface area contributed by atoms with Crippen LogP contribution in [-0.4, -0.2) is 37.5 Å². The summed E-state index contributed by atoms with van der Waals surface area (Å²) in [5, 5.41) is 3.83. The minimum Gasteiger partial charge on any atom is -0.338 e. The molecule has 1 atom stereocenters. The Morgan fingerprint density at radius 2 is 2.37 bits per heavy atom. The molecule has 1 N–H and O–H groups in total. The van der Waals surface area contributed by atoms with Gasteiger partial charge in [-0.3, -0.25) is 4.79 Å². The second-order valence-electron chi connectivity index (χ2n) is 4.94. The second-order valence-corrected chi connectivity index (χ2v) is 6.23. The molecule has 1 fully saturated rings. The lowest BCUT2D eigenvalue weighted by Gasteiger charge is -2.33. The molecule has 3 nitrogen and oxygen atoms in total. The van der Waals surface area contributed by atoms with E-state index in [0.29, 0.717) is 16.5 Å². The number of rotatable bonds is 3. The number of amides is 1. The Morgan fingerprint density at radius 1 is 1.58 bits per heavy atom. The number of halogens is 2. The fraction of sp³-hybridized carbons (Fsp3) is 0.500. The Bertz CT molecular complexity index is 465. The summed E-state index contributed by atoms with van der Waals surface area (Å²) in [6, 6.07) is 5.31. The molecule has 0 aromatic heterocycles. The van der Waals surface area contributed by atoms with Gasteiger partial charge >= 0.3 is 0 Å². The molecule has 19 heavy (non-hydrogen) atoms. The van der Waals surface area contributed by atoms with E-state index in [-0.39, 0.29) is 5.91 Å². The molecule has 1 aliphatic heterocycles. The molecule has 1 amide bonds.